The first kappa shape index (κ1) is 5.92. The molecule has 5 spiro atoms. The molecule has 7 aliphatic carbocycles. The van der Waals surface area contributed by atoms with Gasteiger partial charge in [-0.15, -0.1) is 0 Å². The van der Waals surface area contributed by atoms with Gasteiger partial charge in [-0.2, -0.15) is 0 Å². The molecule has 0 heteroatoms. The molecule has 0 radical (unpaired) electrons. The predicted molar refractivity (Wildman–Crippen MR) is 51.3 cm³/mol. The van der Waals surface area contributed by atoms with Crippen molar-refractivity contribution in [3.63, 3.8) is 0 Å². The van der Waals surface area contributed by atoms with Gasteiger partial charge in [0.05, 0.1) is 0 Å². The SMILES string of the molecule is CC(C)C1(C)C2(C)C13C14C56CC5C61C234. The molecule has 0 heterocycles. The maximum absolute atomic E-state index is 2.64. The molecule has 0 aromatic heterocycles. The molecular formula is C14H16. The zero-order valence-electron chi connectivity index (χ0n) is 9.36. The molecule has 7 rings (SSSR count). The Morgan fingerprint density at radius 1 is 1.07 bits per heavy atom. The van der Waals surface area contributed by atoms with E-state index in [0.29, 0.717) is 0 Å². The van der Waals surface area contributed by atoms with Crippen LogP contribution in [0.2, 0.25) is 0 Å². The van der Waals surface area contributed by atoms with E-state index in [4.69, 9.17) is 0 Å². The maximum atomic E-state index is 2.64. The largest absolute Gasteiger partial charge is 0.0622 e. The summed E-state index contributed by atoms with van der Waals surface area (Å²) in [7, 11) is 0. The van der Waals surface area contributed by atoms with Crippen molar-refractivity contribution in [3.8, 4) is 0 Å². The Morgan fingerprint density at radius 2 is 1.79 bits per heavy atom. The summed E-state index contributed by atoms with van der Waals surface area (Å²) in [4.78, 5) is 0. The molecule has 0 aromatic rings. The van der Waals surface area contributed by atoms with Gasteiger partial charge in [0.25, 0.3) is 0 Å². The van der Waals surface area contributed by atoms with Gasteiger partial charge in [0, 0.05) is 0 Å². The van der Waals surface area contributed by atoms with Gasteiger partial charge in [-0.3, -0.25) is 0 Å². The molecule has 72 valence electrons. The molecule has 8 atom stereocenters. The van der Waals surface area contributed by atoms with Crippen LogP contribution in [0.1, 0.15) is 34.1 Å². The van der Waals surface area contributed by atoms with E-state index in [2.05, 4.69) is 27.7 Å². The average Bonchev–Trinajstić information content (AvgIpc) is 2.90. The van der Waals surface area contributed by atoms with Gasteiger partial charge in [0.2, 0.25) is 0 Å². The number of hydrogen-bond donors (Lipinski definition) is 0. The molecule has 0 N–H and O–H groups in total. The topological polar surface area (TPSA) is 0 Å². The highest BCUT2D eigenvalue weighted by Gasteiger charge is 3.61. The van der Waals surface area contributed by atoms with E-state index in [0.717, 1.165) is 43.8 Å². The molecule has 0 nitrogen and oxygen atoms in total. The lowest BCUT2D eigenvalue weighted by Crippen LogP contribution is -2.26. The molecule has 7 fully saturated rings. The number of rotatable bonds is 1. The van der Waals surface area contributed by atoms with Gasteiger partial charge in [-0.1, -0.05) is 27.7 Å². The van der Waals surface area contributed by atoms with Crippen LogP contribution in [-0.2, 0) is 0 Å². The van der Waals surface area contributed by atoms with Crippen LogP contribution in [0, 0.1) is 49.7 Å². The molecule has 0 aliphatic heterocycles. The highest BCUT2D eigenvalue weighted by atomic mass is 15.6. The maximum Gasteiger partial charge on any atom is -0.00138 e. The lowest BCUT2D eigenvalue weighted by Gasteiger charge is -2.30. The average molecular weight is 184 g/mol. The molecule has 0 bridgehead atoms. The molecule has 0 amide bonds. The summed E-state index contributed by atoms with van der Waals surface area (Å²) in [6.07, 6.45) is 1.67. The van der Waals surface area contributed by atoms with Gasteiger partial charge in [-0.25, -0.2) is 0 Å². The fourth-order valence-electron chi connectivity index (χ4n) is 10.1. The molecular weight excluding hydrogens is 168 g/mol. The first-order valence-electron chi connectivity index (χ1n) is 6.53. The second-order valence-corrected chi connectivity index (χ2v) is 8.27. The van der Waals surface area contributed by atoms with Crippen LogP contribution in [0.5, 0.6) is 0 Å². The molecule has 7 saturated carbocycles. The quantitative estimate of drug-likeness (QED) is 0.588. The Bertz CT molecular complexity index is 534. The van der Waals surface area contributed by atoms with E-state index in [1.807, 2.05) is 0 Å². The molecule has 0 aromatic carbocycles. The van der Waals surface area contributed by atoms with Gasteiger partial charge in [-0.05, 0) is 56.2 Å². The second kappa shape index (κ2) is 0.780. The Kier molecular flexibility index (Phi) is 0.329. The number of hydrogen-bond acceptors (Lipinski definition) is 0. The minimum atomic E-state index is 0.778. The van der Waals surface area contributed by atoms with Crippen LogP contribution < -0.4 is 0 Å². The van der Waals surface area contributed by atoms with Crippen molar-refractivity contribution in [2.75, 3.05) is 0 Å². The normalized spacial score (nSPS) is 108. The van der Waals surface area contributed by atoms with Crippen molar-refractivity contribution in [1.82, 2.24) is 0 Å². The molecule has 0 saturated heterocycles. The van der Waals surface area contributed by atoms with Crippen LogP contribution in [0.3, 0.4) is 0 Å². The third-order valence-corrected chi connectivity index (χ3v) is 9.80. The summed E-state index contributed by atoms with van der Waals surface area (Å²) in [5.74, 6) is 2.23. The van der Waals surface area contributed by atoms with Crippen molar-refractivity contribution in [2.24, 2.45) is 49.7 Å². The minimum absolute atomic E-state index is 0.778. The lowest BCUT2D eigenvalue weighted by molar-refractivity contribution is 0.161. The van der Waals surface area contributed by atoms with Crippen LogP contribution >= 0.6 is 0 Å². The van der Waals surface area contributed by atoms with Crippen molar-refractivity contribution in [2.45, 2.75) is 34.1 Å². The van der Waals surface area contributed by atoms with E-state index >= 15 is 0 Å². The van der Waals surface area contributed by atoms with Crippen LogP contribution in [0.25, 0.3) is 0 Å². The van der Waals surface area contributed by atoms with E-state index < -0.39 is 0 Å². The first-order valence-corrected chi connectivity index (χ1v) is 6.53. The highest BCUT2D eigenvalue weighted by molar-refractivity contribution is 6.06. The van der Waals surface area contributed by atoms with Crippen LogP contribution in [0.4, 0.5) is 0 Å². The molecule has 7 aliphatic rings. The third kappa shape index (κ3) is 0.124. The van der Waals surface area contributed by atoms with Gasteiger partial charge in [0.15, 0.2) is 0 Å². The Morgan fingerprint density at radius 3 is 2.21 bits per heavy atom. The minimum Gasteiger partial charge on any atom is -0.0622 e. The van der Waals surface area contributed by atoms with E-state index in [9.17, 15) is 0 Å². The second-order valence-electron chi connectivity index (χ2n) is 8.27. The van der Waals surface area contributed by atoms with E-state index in [-0.39, 0.29) is 0 Å². The van der Waals surface area contributed by atoms with E-state index in [1.54, 1.807) is 6.42 Å². The smallest absolute Gasteiger partial charge is 0.00138 e. The summed E-state index contributed by atoms with van der Waals surface area (Å²) in [6, 6.07) is 0. The molecule has 14 heavy (non-hydrogen) atoms. The monoisotopic (exact) mass is 184 g/mol. The Balaban J connectivity index is 1.53. The Hall–Kier alpha value is 0. The summed E-state index contributed by atoms with van der Waals surface area (Å²) in [5.41, 5.74) is 6.82. The predicted octanol–water partition coefficient (Wildman–Crippen LogP) is 2.69. The van der Waals surface area contributed by atoms with Crippen molar-refractivity contribution in [1.29, 1.82) is 0 Å². The fourth-order valence-corrected chi connectivity index (χ4v) is 10.1. The van der Waals surface area contributed by atoms with Gasteiger partial charge in [0.1, 0.15) is 0 Å². The fraction of sp³-hybridized carbons (Fsp3) is 1.00. The standard InChI is InChI=1S/C14H16/c1-6(2)8(3)9(4)12(8)13(9)11-7-5-10(7,11)14(11,12)13/h6-7H,5H2,1-4H3. The summed E-state index contributed by atoms with van der Waals surface area (Å²) < 4.78 is 0. The summed E-state index contributed by atoms with van der Waals surface area (Å²) in [5, 5.41) is 0. The van der Waals surface area contributed by atoms with Crippen molar-refractivity contribution in [3.05, 3.63) is 0 Å². The Labute approximate surface area is 84.4 Å². The third-order valence-electron chi connectivity index (χ3n) is 9.80. The summed E-state index contributed by atoms with van der Waals surface area (Å²) >= 11 is 0. The van der Waals surface area contributed by atoms with Crippen LogP contribution in [-0.4, -0.2) is 0 Å². The van der Waals surface area contributed by atoms with Crippen LogP contribution in [0.15, 0.2) is 0 Å². The first-order chi connectivity index (χ1) is 6.53. The van der Waals surface area contributed by atoms with Crippen molar-refractivity contribution < 1.29 is 0 Å². The zero-order valence-corrected chi connectivity index (χ0v) is 9.36. The summed E-state index contributed by atoms with van der Waals surface area (Å²) in [6.45, 7) is 10.2. The van der Waals surface area contributed by atoms with Gasteiger partial charge >= 0.3 is 0 Å². The molecule has 8 unspecified atom stereocenters. The highest BCUT2D eigenvalue weighted by Crippen LogP contribution is 3.63. The zero-order chi connectivity index (χ0) is 9.36. The lowest BCUT2D eigenvalue weighted by atomic mass is 9.73. The van der Waals surface area contributed by atoms with Gasteiger partial charge < -0.3 is 0 Å². The van der Waals surface area contributed by atoms with Crippen molar-refractivity contribution >= 4 is 0 Å². The van der Waals surface area contributed by atoms with E-state index in [1.165, 1.54) is 5.92 Å².